The second-order valence-electron chi connectivity index (χ2n) is 4.91. The van der Waals surface area contributed by atoms with Crippen molar-refractivity contribution >= 4 is 45.8 Å². The van der Waals surface area contributed by atoms with Crippen LogP contribution in [0.5, 0.6) is 0 Å². The first-order valence-corrected chi connectivity index (χ1v) is 8.23. The first-order chi connectivity index (χ1) is 9.12. The Kier molecular flexibility index (Phi) is 3.94. The van der Waals surface area contributed by atoms with E-state index in [2.05, 4.69) is 20.9 Å². The van der Waals surface area contributed by atoms with Gasteiger partial charge >= 0.3 is 7.60 Å². The Bertz CT molecular complexity index is 726. The highest BCUT2D eigenvalue weighted by Gasteiger charge is 2.29. The van der Waals surface area contributed by atoms with Crippen LogP contribution in [0.1, 0.15) is 13.8 Å². The lowest BCUT2D eigenvalue weighted by Gasteiger charge is -2.13. The summed E-state index contributed by atoms with van der Waals surface area (Å²) < 4.78 is 26.9. The molecule has 20 heavy (non-hydrogen) atoms. The molecule has 110 valence electrons. The van der Waals surface area contributed by atoms with Crippen LogP contribution in [0.25, 0.3) is 11.0 Å². The van der Waals surface area contributed by atoms with Crippen molar-refractivity contribution in [1.29, 1.82) is 0 Å². The number of hydrogen-bond acceptors (Lipinski definition) is 3. The summed E-state index contributed by atoms with van der Waals surface area (Å²) in [6.45, 7) is 4.13. The van der Waals surface area contributed by atoms with Gasteiger partial charge in [-0.3, -0.25) is 4.57 Å². The summed E-state index contributed by atoms with van der Waals surface area (Å²) in [5.74, 6) is -0.563. The van der Waals surface area contributed by atoms with Gasteiger partial charge in [0, 0.05) is 11.0 Å². The van der Waals surface area contributed by atoms with E-state index in [9.17, 15) is 18.7 Å². The number of nitrogens with two attached hydrogens (primary N) is 1. The largest absolute Gasteiger partial charge is 0.395 e. The van der Waals surface area contributed by atoms with Crippen molar-refractivity contribution in [2.24, 2.45) is 5.92 Å². The lowest BCUT2D eigenvalue weighted by atomic mass is 10.2. The molecule has 1 heterocycles. The van der Waals surface area contributed by atoms with Crippen LogP contribution in [-0.2, 0) is 11.1 Å². The molecule has 0 unspecified atom stereocenters. The third kappa shape index (κ3) is 2.61. The second-order valence-corrected chi connectivity index (χ2v) is 7.25. The third-order valence-electron chi connectivity index (χ3n) is 2.75. The van der Waals surface area contributed by atoms with E-state index >= 15 is 0 Å². The van der Waals surface area contributed by atoms with Gasteiger partial charge in [-0.15, -0.1) is 0 Å². The van der Waals surface area contributed by atoms with E-state index in [1.54, 1.807) is 0 Å². The van der Waals surface area contributed by atoms with Gasteiger partial charge in [0.25, 0.3) is 0 Å². The number of benzene rings is 1. The lowest BCUT2D eigenvalue weighted by Crippen LogP contribution is -2.21. The maximum Gasteiger partial charge on any atom is 0.391 e. The normalized spacial score (nSPS) is 12.6. The molecular weight excluding hydrogens is 352 g/mol. The number of nitrogen functional groups attached to an aromatic ring is 1. The summed E-state index contributed by atoms with van der Waals surface area (Å²) in [6, 6.07) is 1.17. The van der Waals surface area contributed by atoms with E-state index in [0.717, 1.165) is 0 Å². The fraction of sp³-hybridized carbons (Fsp3) is 0.364. The molecule has 0 radical (unpaired) electrons. The van der Waals surface area contributed by atoms with Crippen molar-refractivity contribution in [2.45, 2.75) is 20.4 Å². The molecule has 0 spiro atoms. The first kappa shape index (κ1) is 15.4. The van der Waals surface area contributed by atoms with Crippen molar-refractivity contribution in [3.8, 4) is 0 Å². The zero-order valence-electron chi connectivity index (χ0n) is 10.8. The monoisotopic (exact) mass is 365 g/mol. The Balaban J connectivity index is 2.90. The van der Waals surface area contributed by atoms with Crippen LogP contribution < -0.4 is 11.3 Å². The number of halogens is 2. The van der Waals surface area contributed by atoms with Gasteiger partial charge in [-0.1, -0.05) is 13.8 Å². The van der Waals surface area contributed by atoms with E-state index < -0.39 is 19.0 Å². The average molecular weight is 366 g/mol. The molecule has 0 fully saturated rings. The van der Waals surface area contributed by atoms with E-state index in [1.807, 2.05) is 13.8 Å². The molecule has 2 rings (SSSR count). The molecule has 0 aliphatic carbocycles. The molecule has 1 aromatic carbocycles. The topological polar surface area (TPSA) is 101 Å². The molecule has 0 aliphatic rings. The average Bonchev–Trinajstić information content (AvgIpc) is 2.65. The number of rotatable bonds is 3. The predicted octanol–water partition coefficient (Wildman–Crippen LogP) is 1.98. The van der Waals surface area contributed by atoms with Crippen LogP contribution in [0.4, 0.5) is 10.1 Å². The lowest BCUT2D eigenvalue weighted by molar-refractivity contribution is 0.382. The predicted molar refractivity (Wildman–Crippen MR) is 78.3 cm³/mol. The van der Waals surface area contributed by atoms with Crippen LogP contribution >= 0.6 is 23.5 Å². The SMILES string of the molecule is CC(C)Cn1c(P(=O)(O)O)nc2c(N)c(F)cc(Br)c21. The zero-order chi connectivity index (χ0) is 15.2. The molecule has 4 N–H and O–H groups in total. The van der Waals surface area contributed by atoms with Gasteiger partial charge in [-0.05, 0) is 27.9 Å². The molecule has 2 aromatic rings. The smallest absolute Gasteiger partial charge is 0.391 e. The van der Waals surface area contributed by atoms with Gasteiger partial charge in [0.1, 0.15) is 11.3 Å². The summed E-state index contributed by atoms with van der Waals surface area (Å²) >= 11 is 3.19. The Morgan fingerprint density at radius 1 is 1.55 bits per heavy atom. The van der Waals surface area contributed by atoms with Crippen molar-refractivity contribution in [2.75, 3.05) is 5.73 Å². The maximum absolute atomic E-state index is 13.6. The first-order valence-electron chi connectivity index (χ1n) is 5.82. The van der Waals surface area contributed by atoms with Gasteiger partial charge in [0.05, 0.1) is 11.2 Å². The number of imidazole rings is 1. The van der Waals surface area contributed by atoms with Crippen LogP contribution in [-0.4, -0.2) is 19.3 Å². The number of nitrogens with zero attached hydrogens (tertiary/aromatic N) is 2. The van der Waals surface area contributed by atoms with Gasteiger partial charge in [0.15, 0.2) is 0 Å². The molecule has 0 bridgehead atoms. The fourth-order valence-corrected chi connectivity index (χ4v) is 3.33. The number of aromatic nitrogens is 2. The van der Waals surface area contributed by atoms with Crippen molar-refractivity contribution < 1.29 is 18.7 Å². The van der Waals surface area contributed by atoms with Crippen molar-refractivity contribution in [3.05, 3.63) is 16.4 Å². The van der Waals surface area contributed by atoms with E-state index in [0.29, 0.717) is 16.5 Å². The Morgan fingerprint density at radius 2 is 2.15 bits per heavy atom. The van der Waals surface area contributed by atoms with Crippen LogP contribution in [0.2, 0.25) is 0 Å². The van der Waals surface area contributed by atoms with E-state index in [4.69, 9.17) is 5.73 Å². The quantitative estimate of drug-likeness (QED) is 0.570. The Morgan fingerprint density at radius 3 is 2.65 bits per heavy atom. The van der Waals surface area contributed by atoms with Crippen LogP contribution in [0.3, 0.4) is 0 Å². The highest BCUT2D eigenvalue weighted by Crippen LogP contribution is 2.38. The van der Waals surface area contributed by atoms with Gasteiger partial charge in [-0.2, -0.15) is 0 Å². The van der Waals surface area contributed by atoms with Gasteiger partial charge < -0.3 is 20.1 Å². The highest BCUT2D eigenvalue weighted by molar-refractivity contribution is 9.10. The molecule has 9 heteroatoms. The molecule has 6 nitrogen and oxygen atoms in total. The van der Waals surface area contributed by atoms with E-state index in [-0.39, 0.29) is 17.1 Å². The van der Waals surface area contributed by atoms with Crippen molar-refractivity contribution in [1.82, 2.24) is 9.55 Å². The van der Waals surface area contributed by atoms with Crippen molar-refractivity contribution in [3.63, 3.8) is 0 Å². The molecule has 1 aromatic heterocycles. The van der Waals surface area contributed by atoms with Crippen LogP contribution in [0, 0.1) is 11.7 Å². The summed E-state index contributed by atoms with van der Waals surface area (Å²) in [5.41, 5.74) is 5.43. The summed E-state index contributed by atoms with van der Waals surface area (Å²) in [7, 11) is -4.59. The van der Waals surface area contributed by atoms with Gasteiger partial charge in [-0.25, -0.2) is 9.37 Å². The number of hydrogen-bond donors (Lipinski definition) is 3. The molecule has 0 atom stereocenters. The Hall–Kier alpha value is -0.950. The van der Waals surface area contributed by atoms with Gasteiger partial charge in [0.2, 0.25) is 5.57 Å². The molecular formula is C11H14BrFN3O3P. The summed E-state index contributed by atoms with van der Waals surface area (Å²) in [5, 5.41) is 0. The second kappa shape index (κ2) is 5.11. The zero-order valence-corrected chi connectivity index (χ0v) is 13.3. The minimum Gasteiger partial charge on any atom is -0.395 e. The third-order valence-corrected chi connectivity index (χ3v) is 4.21. The minimum atomic E-state index is -4.59. The summed E-state index contributed by atoms with van der Waals surface area (Å²) in [4.78, 5) is 22.7. The van der Waals surface area contributed by atoms with E-state index in [1.165, 1.54) is 10.6 Å². The fourth-order valence-electron chi connectivity index (χ4n) is 2.00. The Labute approximate surface area is 123 Å². The molecule has 0 aliphatic heterocycles. The maximum atomic E-state index is 13.6. The number of anilines is 1. The molecule has 0 saturated carbocycles. The highest BCUT2D eigenvalue weighted by atomic mass is 79.9. The number of fused-ring (bicyclic) bond motifs is 1. The minimum absolute atomic E-state index is 0.0517. The standard InChI is InChI=1S/C11H14BrFN3O3P/c1-5(2)4-16-10-6(12)3-7(13)8(14)9(10)15-11(16)20(17,18)19/h3,5H,4,14H2,1-2H3,(H2,17,18,19). The van der Waals surface area contributed by atoms with Crippen LogP contribution in [0.15, 0.2) is 10.5 Å². The molecule has 0 amide bonds. The summed E-state index contributed by atoms with van der Waals surface area (Å²) in [6.07, 6.45) is 0. The molecule has 0 saturated heterocycles.